The number of carbonyl (C=O) groups is 2. The highest BCUT2D eigenvalue weighted by atomic mass is 16.5. The highest BCUT2D eigenvalue weighted by Gasteiger charge is 2.61. The SMILES string of the molecule is COCC1(C(=O)N2CC[C@]3(C(=O)Nc4ccccc43)[C@@H]2c2cccc(OC)c2)CCC1. The van der Waals surface area contributed by atoms with Gasteiger partial charge < -0.3 is 19.7 Å². The molecule has 0 radical (unpaired) electrons. The van der Waals surface area contributed by atoms with Crippen LogP contribution in [0.2, 0.25) is 0 Å². The number of methoxy groups -OCH3 is 2. The average Bonchev–Trinajstić information content (AvgIpc) is 3.30. The van der Waals surface area contributed by atoms with Gasteiger partial charge in [-0.2, -0.15) is 0 Å². The van der Waals surface area contributed by atoms with E-state index in [1.54, 1.807) is 14.2 Å². The van der Waals surface area contributed by atoms with E-state index in [0.717, 1.165) is 36.1 Å². The molecule has 0 bridgehead atoms. The summed E-state index contributed by atoms with van der Waals surface area (Å²) >= 11 is 0. The maximum atomic E-state index is 13.9. The third-order valence-electron chi connectivity index (χ3n) is 7.44. The van der Waals surface area contributed by atoms with Crippen molar-refractivity contribution in [3.63, 3.8) is 0 Å². The molecule has 2 fully saturated rings. The number of likely N-dealkylation sites (tertiary alicyclic amines) is 1. The van der Waals surface area contributed by atoms with E-state index >= 15 is 0 Å². The van der Waals surface area contributed by atoms with Gasteiger partial charge in [-0.25, -0.2) is 0 Å². The first-order valence-electron chi connectivity index (χ1n) is 10.9. The first-order chi connectivity index (χ1) is 15.1. The Labute approximate surface area is 182 Å². The number of anilines is 1. The van der Waals surface area contributed by atoms with Gasteiger partial charge in [0.25, 0.3) is 0 Å². The lowest BCUT2D eigenvalue weighted by molar-refractivity contribution is -0.154. The van der Waals surface area contributed by atoms with Crippen LogP contribution in [0.1, 0.15) is 42.9 Å². The zero-order valence-corrected chi connectivity index (χ0v) is 18.0. The number of amides is 2. The number of nitrogens with zero attached hydrogens (tertiary/aromatic N) is 1. The zero-order chi connectivity index (χ0) is 21.6. The van der Waals surface area contributed by atoms with Crippen molar-refractivity contribution in [3.8, 4) is 5.75 Å². The van der Waals surface area contributed by atoms with E-state index in [4.69, 9.17) is 9.47 Å². The van der Waals surface area contributed by atoms with E-state index < -0.39 is 16.9 Å². The minimum atomic E-state index is -0.809. The quantitative estimate of drug-likeness (QED) is 0.801. The molecule has 2 aromatic carbocycles. The third kappa shape index (κ3) is 2.81. The summed E-state index contributed by atoms with van der Waals surface area (Å²) in [6.07, 6.45) is 3.28. The lowest BCUT2D eigenvalue weighted by atomic mass is 9.67. The van der Waals surface area contributed by atoms with E-state index in [0.29, 0.717) is 25.3 Å². The van der Waals surface area contributed by atoms with Crippen LogP contribution in [0, 0.1) is 5.41 Å². The van der Waals surface area contributed by atoms with Crippen LogP contribution in [0.4, 0.5) is 5.69 Å². The van der Waals surface area contributed by atoms with Crippen LogP contribution < -0.4 is 10.1 Å². The van der Waals surface area contributed by atoms with E-state index in [2.05, 4.69) is 5.32 Å². The molecule has 1 saturated heterocycles. The van der Waals surface area contributed by atoms with Gasteiger partial charge in [0.05, 0.1) is 25.2 Å². The summed E-state index contributed by atoms with van der Waals surface area (Å²) in [5.41, 5.74) is 1.44. The molecule has 6 nitrogen and oxygen atoms in total. The average molecular weight is 421 g/mol. The van der Waals surface area contributed by atoms with Gasteiger partial charge in [-0.3, -0.25) is 9.59 Å². The van der Waals surface area contributed by atoms with Gasteiger partial charge in [-0.1, -0.05) is 36.8 Å². The fourth-order valence-corrected chi connectivity index (χ4v) is 5.78. The minimum absolute atomic E-state index is 0.0359. The molecule has 1 aliphatic carbocycles. The van der Waals surface area contributed by atoms with Gasteiger partial charge >= 0.3 is 0 Å². The molecule has 2 atom stereocenters. The Hall–Kier alpha value is -2.86. The monoisotopic (exact) mass is 420 g/mol. The topological polar surface area (TPSA) is 67.9 Å². The van der Waals surface area contributed by atoms with Crippen molar-refractivity contribution < 1.29 is 19.1 Å². The number of nitrogens with one attached hydrogen (secondary N) is 1. The number of benzene rings is 2. The van der Waals surface area contributed by atoms with E-state index in [-0.39, 0.29) is 11.8 Å². The minimum Gasteiger partial charge on any atom is -0.497 e. The summed E-state index contributed by atoms with van der Waals surface area (Å²) in [6, 6.07) is 15.2. The summed E-state index contributed by atoms with van der Waals surface area (Å²) in [6.45, 7) is 0.955. The Morgan fingerprint density at radius 1 is 1.13 bits per heavy atom. The van der Waals surface area contributed by atoms with Crippen LogP contribution in [0.3, 0.4) is 0 Å². The molecule has 2 aliphatic heterocycles. The van der Waals surface area contributed by atoms with Crippen LogP contribution in [0.5, 0.6) is 5.75 Å². The van der Waals surface area contributed by atoms with Gasteiger partial charge in [-0.15, -0.1) is 0 Å². The molecule has 31 heavy (non-hydrogen) atoms. The molecule has 1 N–H and O–H groups in total. The lowest BCUT2D eigenvalue weighted by Gasteiger charge is -2.45. The predicted octanol–water partition coefficient (Wildman–Crippen LogP) is 3.68. The Kier molecular flexibility index (Phi) is 4.77. The molecule has 2 amide bonds. The summed E-state index contributed by atoms with van der Waals surface area (Å²) in [7, 11) is 3.28. The molecular formula is C25H28N2O4. The zero-order valence-electron chi connectivity index (χ0n) is 18.0. The van der Waals surface area contributed by atoms with Crippen LogP contribution in [-0.2, 0) is 19.7 Å². The molecule has 0 aromatic heterocycles. The molecule has 2 aromatic rings. The Morgan fingerprint density at radius 2 is 1.94 bits per heavy atom. The second-order valence-electron chi connectivity index (χ2n) is 8.97. The smallest absolute Gasteiger partial charge is 0.237 e. The van der Waals surface area contributed by atoms with Crippen molar-refractivity contribution in [2.45, 2.75) is 37.1 Å². The van der Waals surface area contributed by atoms with E-state index in [9.17, 15) is 9.59 Å². The maximum absolute atomic E-state index is 13.9. The number of fused-ring (bicyclic) bond motifs is 2. The van der Waals surface area contributed by atoms with Crippen molar-refractivity contribution >= 4 is 17.5 Å². The van der Waals surface area contributed by atoms with Crippen LogP contribution in [-0.4, -0.2) is 44.1 Å². The van der Waals surface area contributed by atoms with Gasteiger partial charge in [-0.05, 0) is 48.6 Å². The van der Waals surface area contributed by atoms with Crippen LogP contribution in [0.15, 0.2) is 48.5 Å². The van der Waals surface area contributed by atoms with Crippen molar-refractivity contribution in [1.29, 1.82) is 0 Å². The standard InChI is InChI=1S/C25H28N2O4/c1-30-16-24(11-6-12-24)23(29)27-14-13-25(19-9-3-4-10-20(19)26-22(25)28)21(27)17-7-5-8-18(15-17)31-2/h3-5,7-10,15,21H,6,11-14,16H2,1-2H3,(H,26,28)/t21-,25+/m0/s1. The van der Waals surface area contributed by atoms with E-state index in [1.165, 1.54) is 0 Å². The number of hydrogen-bond acceptors (Lipinski definition) is 4. The maximum Gasteiger partial charge on any atom is 0.237 e. The first-order valence-corrected chi connectivity index (χ1v) is 10.9. The number of rotatable bonds is 5. The molecule has 1 saturated carbocycles. The Bertz CT molecular complexity index is 1030. The van der Waals surface area contributed by atoms with Crippen molar-refractivity contribution in [2.75, 3.05) is 32.7 Å². The highest BCUT2D eigenvalue weighted by molar-refractivity contribution is 6.08. The molecule has 6 heteroatoms. The Morgan fingerprint density at radius 3 is 2.65 bits per heavy atom. The number of hydrogen-bond donors (Lipinski definition) is 1. The van der Waals surface area contributed by atoms with Gasteiger partial charge in [0.2, 0.25) is 11.8 Å². The summed E-state index contributed by atoms with van der Waals surface area (Å²) in [5.74, 6) is 0.780. The Balaban J connectivity index is 1.65. The fourth-order valence-electron chi connectivity index (χ4n) is 5.78. The molecule has 3 aliphatic rings. The van der Waals surface area contributed by atoms with E-state index in [1.807, 2.05) is 53.4 Å². The van der Waals surface area contributed by atoms with Gasteiger partial charge in [0.1, 0.15) is 11.2 Å². The van der Waals surface area contributed by atoms with Crippen molar-refractivity contribution in [1.82, 2.24) is 4.90 Å². The molecule has 1 spiro atoms. The van der Waals surface area contributed by atoms with Crippen LogP contribution in [0.25, 0.3) is 0 Å². The summed E-state index contributed by atoms with van der Waals surface area (Å²) in [5, 5.41) is 3.08. The second kappa shape index (κ2) is 7.38. The molecule has 5 rings (SSSR count). The van der Waals surface area contributed by atoms with Gasteiger partial charge in [0.15, 0.2) is 0 Å². The largest absolute Gasteiger partial charge is 0.497 e. The molecule has 162 valence electrons. The predicted molar refractivity (Wildman–Crippen MR) is 117 cm³/mol. The summed E-state index contributed by atoms with van der Waals surface area (Å²) in [4.78, 5) is 29.4. The molecule has 0 unspecified atom stereocenters. The lowest BCUT2D eigenvalue weighted by Crippen LogP contribution is -2.52. The van der Waals surface area contributed by atoms with Crippen molar-refractivity contribution in [2.24, 2.45) is 5.41 Å². The number of ether oxygens (including phenoxy) is 2. The summed E-state index contributed by atoms with van der Waals surface area (Å²) < 4.78 is 10.9. The fraction of sp³-hybridized carbons (Fsp3) is 0.440. The first kappa shape index (κ1) is 20.1. The number of para-hydroxylation sites is 1. The molecular weight excluding hydrogens is 392 g/mol. The number of carbonyl (C=O) groups excluding carboxylic acids is 2. The third-order valence-corrected chi connectivity index (χ3v) is 7.44. The highest BCUT2D eigenvalue weighted by Crippen LogP contribution is 2.56. The normalized spacial score (nSPS) is 25.8. The van der Waals surface area contributed by atoms with Crippen molar-refractivity contribution in [3.05, 3.63) is 59.7 Å². The molecule has 2 heterocycles. The van der Waals surface area contributed by atoms with Crippen LogP contribution >= 0.6 is 0 Å². The van der Waals surface area contributed by atoms with Gasteiger partial charge in [0, 0.05) is 19.3 Å². The second-order valence-corrected chi connectivity index (χ2v) is 8.97.